The number of ether oxygens (including phenoxy) is 1. The molecule has 30 heavy (non-hydrogen) atoms. The molecule has 2 aliphatic rings. The van der Waals surface area contributed by atoms with Crippen molar-refractivity contribution < 1.29 is 13.2 Å². The SMILES string of the molecule is COc1ccc(S(=O)(=O)c2cnc(N3CCC(N4CCCCC4)CC3)nc2N)cc1. The van der Waals surface area contributed by atoms with Gasteiger partial charge in [0.15, 0.2) is 0 Å². The van der Waals surface area contributed by atoms with Crippen LogP contribution in [0.5, 0.6) is 5.75 Å². The minimum atomic E-state index is -3.80. The highest BCUT2D eigenvalue weighted by atomic mass is 32.2. The van der Waals surface area contributed by atoms with Crippen LogP contribution in [-0.2, 0) is 9.84 Å². The Morgan fingerprint density at radius 1 is 1.03 bits per heavy atom. The molecule has 2 aromatic rings. The zero-order chi connectivity index (χ0) is 21.1. The summed E-state index contributed by atoms with van der Waals surface area (Å²) in [5.41, 5.74) is 6.06. The van der Waals surface area contributed by atoms with Crippen LogP contribution in [0.1, 0.15) is 32.1 Å². The summed E-state index contributed by atoms with van der Waals surface area (Å²) in [6.07, 6.45) is 7.39. The number of hydrogen-bond donors (Lipinski definition) is 1. The predicted octanol–water partition coefficient (Wildman–Crippen LogP) is 2.35. The maximum Gasteiger partial charge on any atom is 0.227 e. The molecule has 8 nitrogen and oxygen atoms in total. The van der Waals surface area contributed by atoms with E-state index in [1.54, 1.807) is 12.1 Å². The molecule has 162 valence electrons. The molecule has 0 atom stereocenters. The number of benzene rings is 1. The molecule has 0 aliphatic carbocycles. The lowest BCUT2D eigenvalue weighted by Crippen LogP contribution is -2.47. The van der Waals surface area contributed by atoms with Crippen molar-refractivity contribution in [2.75, 3.05) is 43.9 Å². The van der Waals surface area contributed by atoms with Gasteiger partial charge in [0.05, 0.1) is 18.2 Å². The number of sulfone groups is 1. The highest BCUT2D eigenvalue weighted by Gasteiger charge is 2.28. The molecule has 2 fully saturated rings. The maximum atomic E-state index is 12.9. The molecule has 1 aromatic heterocycles. The van der Waals surface area contributed by atoms with Crippen molar-refractivity contribution in [3.8, 4) is 5.75 Å². The van der Waals surface area contributed by atoms with Gasteiger partial charge < -0.3 is 20.3 Å². The van der Waals surface area contributed by atoms with E-state index >= 15 is 0 Å². The van der Waals surface area contributed by atoms with Gasteiger partial charge in [0.25, 0.3) is 0 Å². The Morgan fingerprint density at radius 3 is 2.30 bits per heavy atom. The highest BCUT2D eigenvalue weighted by Crippen LogP contribution is 2.28. The zero-order valence-corrected chi connectivity index (χ0v) is 18.1. The average molecular weight is 432 g/mol. The number of rotatable bonds is 5. The highest BCUT2D eigenvalue weighted by molar-refractivity contribution is 7.91. The Balaban J connectivity index is 1.46. The first-order chi connectivity index (χ1) is 14.5. The molecule has 2 N–H and O–H groups in total. The minimum absolute atomic E-state index is 0.0195. The van der Waals surface area contributed by atoms with Crippen LogP contribution < -0.4 is 15.4 Å². The van der Waals surface area contributed by atoms with E-state index in [0.29, 0.717) is 17.7 Å². The molecule has 4 rings (SSSR count). The summed E-state index contributed by atoms with van der Waals surface area (Å²) in [5.74, 6) is 1.06. The summed E-state index contributed by atoms with van der Waals surface area (Å²) in [7, 11) is -2.27. The summed E-state index contributed by atoms with van der Waals surface area (Å²) >= 11 is 0. The van der Waals surface area contributed by atoms with Crippen LogP contribution in [0.15, 0.2) is 40.3 Å². The molecule has 3 heterocycles. The Bertz CT molecular complexity index is 967. The van der Waals surface area contributed by atoms with E-state index < -0.39 is 9.84 Å². The van der Waals surface area contributed by atoms with Crippen molar-refractivity contribution >= 4 is 21.6 Å². The molecular formula is C21H29N5O3S. The number of piperidine rings is 2. The van der Waals surface area contributed by atoms with Gasteiger partial charge in [0.1, 0.15) is 16.5 Å². The second kappa shape index (κ2) is 8.77. The topological polar surface area (TPSA) is 102 Å². The average Bonchev–Trinajstić information content (AvgIpc) is 2.79. The normalized spacial score (nSPS) is 19.0. The quantitative estimate of drug-likeness (QED) is 0.770. The fraction of sp³-hybridized carbons (Fsp3) is 0.524. The Kier molecular flexibility index (Phi) is 6.10. The van der Waals surface area contributed by atoms with Crippen LogP contribution in [0.3, 0.4) is 0 Å². The Hall–Kier alpha value is -2.39. The monoisotopic (exact) mass is 431 g/mol. The van der Waals surface area contributed by atoms with Crippen LogP contribution in [0.25, 0.3) is 0 Å². The van der Waals surface area contributed by atoms with Crippen molar-refractivity contribution in [2.24, 2.45) is 0 Å². The van der Waals surface area contributed by atoms with E-state index in [4.69, 9.17) is 10.5 Å². The maximum absolute atomic E-state index is 12.9. The van der Waals surface area contributed by atoms with E-state index in [2.05, 4.69) is 19.8 Å². The smallest absolute Gasteiger partial charge is 0.227 e. The van der Waals surface area contributed by atoms with Crippen LogP contribution >= 0.6 is 0 Å². The van der Waals surface area contributed by atoms with E-state index in [0.717, 1.165) is 25.9 Å². The van der Waals surface area contributed by atoms with E-state index in [1.807, 2.05) is 0 Å². The standard InChI is InChI=1S/C21H29N5O3S/c1-29-17-5-7-18(8-6-17)30(27,28)19-15-23-21(24-20(19)22)26-13-9-16(10-14-26)25-11-3-2-4-12-25/h5-8,15-16H,2-4,9-14H2,1H3,(H2,22,23,24). The van der Waals surface area contributed by atoms with E-state index in [1.165, 1.54) is 57.8 Å². The van der Waals surface area contributed by atoms with Gasteiger partial charge in [-0.05, 0) is 63.0 Å². The molecule has 0 amide bonds. The largest absolute Gasteiger partial charge is 0.497 e. The number of nitrogens with two attached hydrogens (primary N) is 1. The van der Waals surface area contributed by atoms with Gasteiger partial charge in [-0.15, -0.1) is 0 Å². The number of likely N-dealkylation sites (tertiary alicyclic amines) is 1. The van der Waals surface area contributed by atoms with Crippen LogP contribution in [-0.4, -0.2) is 62.6 Å². The number of nitrogens with zero attached hydrogens (tertiary/aromatic N) is 4. The summed E-state index contributed by atoms with van der Waals surface area (Å²) in [6, 6.07) is 6.81. The van der Waals surface area contributed by atoms with Gasteiger partial charge in [-0.2, -0.15) is 4.98 Å². The fourth-order valence-electron chi connectivity index (χ4n) is 4.33. The van der Waals surface area contributed by atoms with Crippen molar-refractivity contribution in [3.63, 3.8) is 0 Å². The molecule has 1 aromatic carbocycles. The van der Waals surface area contributed by atoms with Crippen LogP contribution in [0, 0.1) is 0 Å². The van der Waals surface area contributed by atoms with Gasteiger partial charge in [-0.25, -0.2) is 13.4 Å². The van der Waals surface area contributed by atoms with E-state index in [9.17, 15) is 8.42 Å². The third kappa shape index (κ3) is 4.22. The number of methoxy groups -OCH3 is 1. The first kappa shape index (κ1) is 20.9. The van der Waals surface area contributed by atoms with Crippen LogP contribution in [0.4, 0.5) is 11.8 Å². The van der Waals surface area contributed by atoms with Gasteiger partial charge in [-0.1, -0.05) is 6.42 Å². The zero-order valence-electron chi connectivity index (χ0n) is 17.3. The van der Waals surface area contributed by atoms with Gasteiger partial charge >= 0.3 is 0 Å². The second-order valence-electron chi connectivity index (χ2n) is 7.91. The summed E-state index contributed by atoms with van der Waals surface area (Å²) in [5, 5.41) is 0. The van der Waals surface area contributed by atoms with E-state index in [-0.39, 0.29) is 15.6 Å². The van der Waals surface area contributed by atoms with Crippen molar-refractivity contribution in [2.45, 2.75) is 47.9 Å². The number of aromatic nitrogens is 2. The second-order valence-corrected chi connectivity index (χ2v) is 9.83. The molecule has 0 bridgehead atoms. The Morgan fingerprint density at radius 2 is 1.70 bits per heavy atom. The molecule has 9 heteroatoms. The molecule has 0 spiro atoms. The third-order valence-electron chi connectivity index (χ3n) is 6.08. The molecule has 2 saturated heterocycles. The molecule has 0 unspecified atom stereocenters. The van der Waals surface area contributed by atoms with Crippen molar-refractivity contribution in [1.29, 1.82) is 0 Å². The summed E-state index contributed by atoms with van der Waals surface area (Å²) < 4.78 is 31.0. The van der Waals surface area contributed by atoms with Gasteiger partial charge in [-0.3, -0.25) is 0 Å². The molecule has 0 saturated carbocycles. The number of hydrogen-bond acceptors (Lipinski definition) is 8. The number of anilines is 2. The van der Waals surface area contributed by atoms with Crippen molar-refractivity contribution in [1.82, 2.24) is 14.9 Å². The molecular weight excluding hydrogens is 402 g/mol. The first-order valence-electron chi connectivity index (χ1n) is 10.5. The molecule has 0 radical (unpaired) electrons. The Labute approximate surface area is 178 Å². The third-order valence-corrected chi connectivity index (χ3v) is 7.87. The number of nitrogen functional groups attached to an aromatic ring is 1. The lowest BCUT2D eigenvalue weighted by atomic mass is 10.0. The first-order valence-corrected chi connectivity index (χ1v) is 12.0. The van der Waals surface area contributed by atoms with Crippen molar-refractivity contribution in [3.05, 3.63) is 30.5 Å². The minimum Gasteiger partial charge on any atom is -0.497 e. The lowest BCUT2D eigenvalue weighted by Gasteiger charge is -2.40. The molecule has 2 aliphatic heterocycles. The lowest BCUT2D eigenvalue weighted by molar-refractivity contribution is 0.141. The summed E-state index contributed by atoms with van der Waals surface area (Å²) in [4.78, 5) is 13.5. The summed E-state index contributed by atoms with van der Waals surface area (Å²) in [6.45, 7) is 4.11. The van der Waals surface area contributed by atoms with Gasteiger partial charge in [0.2, 0.25) is 15.8 Å². The van der Waals surface area contributed by atoms with Crippen LogP contribution in [0.2, 0.25) is 0 Å². The fourth-order valence-corrected chi connectivity index (χ4v) is 5.59. The predicted molar refractivity (Wildman–Crippen MR) is 116 cm³/mol. The van der Waals surface area contributed by atoms with Gasteiger partial charge in [0, 0.05) is 19.1 Å².